The third kappa shape index (κ3) is 4.68. The molecule has 6 nitrogen and oxygen atoms in total. The van der Waals surface area contributed by atoms with Gasteiger partial charge in [-0.1, -0.05) is 13.8 Å². The zero-order valence-corrected chi connectivity index (χ0v) is 26.3. The Morgan fingerprint density at radius 2 is 1.34 bits per heavy atom. The normalized spacial score (nSPS) is 43.4. The monoisotopic (exact) mass is 582 g/mol. The fourth-order valence-electron chi connectivity index (χ4n) is 9.83. The highest BCUT2D eigenvalue weighted by atomic mass is 32.2. The number of rotatable bonds is 6. The van der Waals surface area contributed by atoms with Gasteiger partial charge >= 0.3 is 0 Å². The molecular weight excluding hydrogens is 532 g/mol. The Bertz CT molecular complexity index is 1050. The quantitative estimate of drug-likeness (QED) is 0.342. The standard InChI is InChI=1S/C34H50N2O4S/c1-5-39-31-33(15-11-27-23(3)7-9-29(35(27)31)25-13-17-37-19-25)21-34(41-22-33)16-12-28-24(4)8-10-30(26-14-18-38-20-26)36(28)32(34)40-6-2/h13-14,17-20,23-24,27-32H,5-12,15-16,21-22H2,1-4H3/t23-,24-,27+,28-,29-,30-,31+,32-,33-,34+/m1/s1. The number of furan rings is 2. The second kappa shape index (κ2) is 11.4. The average molecular weight is 583 g/mol. The molecule has 10 atom stereocenters. The lowest BCUT2D eigenvalue weighted by atomic mass is 9.65. The molecule has 0 aliphatic carbocycles. The third-order valence-corrected chi connectivity index (χ3v) is 13.6. The maximum absolute atomic E-state index is 6.91. The number of hydrogen-bond donors (Lipinski definition) is 0. The van der Waals surface area contributed by atoms with Gasteiger partial charge in [0.1, 0.15) is 12.5 Å². The largest absolute Gasteiger partial charge is 0.472 e. The van der Waals surface area contributed by atoms with E-state index in [-0.39, 0.29) is 22.6 Å². The van der Waals surface area contributed by atoms with Crippen LogP contribution in [0.3, 0.4) is 0 Å². The van der Waals surface area contributed by atoms with Crippen LogP contribution in [0.2, 0.25) is 0 Å². The molecule has 0 N–H and O–H groups in total. The van der Waals surface area contributed by atoms with E-state index in [1.54, 1.807) is 0 Å². The van der Waals surface area contributed by atoms with Crippen molar-refractivity contribution in [3.63, 3.8) is 0 Å². The van der Waals surface area contributed by atoms with E-state index in [0.717, 1.165) is 19.0 Å². The van der Waals surface area contributed by atoms with Crippen LogP contribution in [-0.4, -0.2) is 58.1 Å². The first-order valence-corrected chi connectivity index (χ1v) is 17.4. The zero-order valence-electron chi connectivity index (χ0n) is 25.5. The SMILES string of the molecule is CCO[C@@H]1N2[C@@H](c3ccoc3)CC[C@@H](C)[C@@H]2CC[C@@]12CS[C@@]1(CC[C@@H]3[C@H](C)CC[C@H](c4ccoc4)N3[C@@H]1OCC)C2. The van der Waals surface area contributed by atoms with Gasteiger partial charge < -0.3 is 18.3 Å². The predicted octanol–water partition coefficient (Wildman–Crippen LogP) is 8.03. The van der Waals surface area contributed by atoms with Gasteiger partial charge in [0.15, 0.2) is 0 Å². The summed E-state index contributed by atoms with van der Waals surface area (Å²) in [4.78, 5) is 5.64. The van der Waals surface area contributed by atoms with Crippen molar-refractivity contribution in [1.29, 1.82) is 0 Å². The lowest BCUT2D eigenvalue weighted by molar-refractivity contribution is -0.215. The van der Waals surface area contributed by atoms with Crippen LogP contribution in [0, 0.1) is 17.3 Å². The Balaban J connectivity index is 1.24. The molecule has 0 bridgehead atoms. The van der Waals surface area contributed by atoms with Gasteiger partial charge in [-0.2, -0.15) is 11.8 Å². The lowest BCUT2D eigenvalue weighted by Crippen LogP contribution is -2.65. The molecule has 0 aromatic carbocycles. The maximum Gasteiger partial charge on any atom is 0.126 e. The molecule has 7 heterocycles. The average Bonchev–Trinajstić information content (AvgIpc) is 3.76. The lowest BCUT2D eigenvalue weighted by Gasteiger charge is -2.60. The topological polar surface area (TPSA) is 51.2 Å². The predicted molar refractivity (Wildman–Crippen MR) is 162 cm³/mol. The molecule has 5 fully saturated rings. The Labute approximate surface area is 250 Å². The summed E-state index contributed by atoms with van der Waals surface area (Å²) in [5.41, 5.74) is 2.77. The first-order valence-electron chi connectivity index (χ1n) is 16.5. The maximum atomic E-state index is 6.91. The molecule has 41 heavy (non-hydrogen) atoms. The highest BCUT2D eigenvalue weighted by molar-refractivity contribution is 8.01. The number of thioether (sulfide) groups is 1. The summed E-state index contributed by atoms with van der Waals surface area (Å²) in [5, 5.41) is 0. The van der Waals surface area contributed by atoms with E-state index in [4.69, 9.17) is 18.3 Å². The molecular formula is C34H50N2O4S. The molecule has 0 unspecified atom stereocenters. The number of nitrogens with zero attached hydrogens (tertiary/aromatic N) is 2. The van der Waals surface area contributed by atoms with Crippen LogP contribution in [0.5, 0.6) is 0 Å². The van der Waals surface area contributed by atoms with Gasteiger partial charge in [0.2, 0.25) is 0 Å². The fraction of sp³-hybridized carbons (Fsp3) is 0.765. The first-order chi connectivity index (χ1) is 20.0. The molecule has 2 aromatic heterocycles. The van der Waals surface area contributed by atoms with Crippen molar-refractivity contribution in [3.8, 4) is 0 Å². The molecule has 0 radical (unpaired) electrons. The Morgan fingerprint density at radius 3 is 1.90 bits per heavy atom. The van der Waals surface area contributed by atoms with Gasteiger partial charge in [0.25, 0.3) is 0 Å². The first kappa shape index (κ1) is 28.5. The van der Waals surface area contributed by atoms with E-state index in [0.29, 0.717) is 36.0 Å². The van der Waals surface area contributed by atoms with Gasteiger partial charge in [-0.05, 0) is 95.6 Å². The molecule has 5 aliphatic rings. The van der Waals surface area contributed by atoms with Crippen molar-refractivity contribution in [2.24, 2.45) is 17.3 Å². The molecule has 226 valence electrons. The van der Waals surface area contributed by atoms with Crippen LogP contribution in [0.25, 0.3) is 0 Å². The summed E-state index contributed by atoms with van der Waals surface area (Å²) in [5.74, 6) is 2.54. The number of ether oxygens (including phenoxy) is 2. The number of hydrogen-bond acceptors (Lipinski definition) is 7. The van der Waals surface area contributed by atoms with Gasteiger partial charge in [0.05, 0.1) is 29.8 Å². The highest BCUT2D eigenvalue weighted by Gasteiger charge is 2.64. The van der Waals surface area contributed by atoms with Gasteiger partial charge in [0, 0.05) is 59.7 Å². The van der Waals surface area contributed by atoms with Crippen molar-refractivity contribution >= 4 is 11.8 Å². The van der Waals surface area contributed by atoms with E-state index in [9.17, 15) is 0 Å². The van der Waals surface area contributed by atoms with Crippen LogP contribution in [0.15, 0.2) is 46.0 Å². The molecule has 5 saturated heterocycles. The van der Waals surface area contributed by atoms with Crippen molar-refractivity contribution < 1.29 is 18.3 Å². The summed E-state index contributed by atoms with van der Waals surface area (Å²) in [7, 11) is 0. The van der Waals surface area contributed by atoms with Gasteiger partial charge in [-0.3, -0.25) is 9.80 Å². The minimum absolute atomic E-state index is 0.0836. The van der Waals surface area contributed by atoms with E-state index in [1.165, 1.54) is 68.9 Å². The van der Waals surface area contributed by atoms with Crippen molar-refractivity contribution in [2.75, 3.05) is 19.0 Å². The summed E-state index contributed by atoms with van der Waals surface area (Å²) in [6, 6.07) is 6.25. The van der Waals surface area contributed by atoms with E-state index in [1.807, 2.05) is 25.1 Å². The van der Waals surface area contributed by atoms with Crippen LogP contribution < -0.4 is 0 Å². The number of piperidine rings is 4. The van der Waals surface area contributed by atoms with Crippen molar-refractivity contribution in [1.82, 2.24) is 9.80 Å². The van der Waals surface area contributed by atoms with E-state index >= 15 is 0 Å². The number of fused-ring (bicyclic) bond motifs is 2. The molecule has 0 amide bonds. The van der Waals surface area contributed by atoms with E-state index in [2.05, 4.69) is 61.4 Å². The summed E-state index contributed by atoms with van der Waals surface area (Å²) in [6.07, 6.45) is 19.0. The fourth-order valence-corrected chi connectivity index (χ4v) is 11.8. The van der Waals surface area contributed by atoms with Crippen LogP contribution in [0.1, 0.15) is 109 Å². The Kier molecular flexibility index (Phi) is 7.89. The highest BCUT2D eigenvalue weighted by Crippen LogP contribution is 2.64. The Hall–Kier alpha value is -1.25. The molecule has 2 aromatic rings. The van der Waals surface area contributed by atoms with Crippen molar-refractivity contribution in [2.45, 2.75) is 127 Å². The molecule has 7 rings (SSSR count). The third-order valence-electron chi connectivity index (χ3n) is 11.7. The van der Waals surface area contributed by atoms with Crippen LogP contribution in [-0.2, 0) is 9.47 Å². The second-order valence-corrected chi connectivity index (χ2v) is 15.3. The van der Waals surface area contributed by atoms with Crippen molar-refractivity contribution in [3.05, 3.63) is 48.3 Å². The minimum Gasteiger partial charge on any atom is -0.472 e. The minimum atomic E-state index is 0.0836. The van der Waals surface area contributed by atoms with Gasteiger partial charge in [-0.25, -0.2) is 0 Å². The van der Waals surface area contributed by atoms with Crippen LogP contribution in [0.4, 0.5) is 0 Å². The van der Waals surface area contributed by atoms with Crippen LogP contribution >= 0.6 is 11.8 Å². The van der Waals surface area contributed by atoms with Gasteiger partial charge in [-0.15, -0.1) is 0 Å². The summed E-state index contributed by atoms with van der Waals surface area (Å²) < 4.78 is 25.1. The zero-order chi connectivity index (χ0) is 28.2. The summed E-state index contributed by atoms with van der Waals surface area (Å²) in [6.45, 7) is 10.8. The smallest absolute Gasteiger partial charge is 0.126 e. The molecule has 2 spiro atoms. The second-order valence-electron chi connectivity index (χ2n) is 13.9. The Morgan fingerprint density at radius 1 is 0.780 bits per heavy atom. The molecule has 0 saturated carbocycles. The van der Waals surface area contributed by atoms with E-state index < -0.39 is 0 Å². The molecule has 5 aliphatic heterocycles. The summed E-state index contributed by atoms with van der Waals surface area (Å²) >= 11 is 2.23. The molecule has 7 heteroatoms.